The van der Waals surface area contributed by atoms with Gasteiger partial charge >= 0.3 is 6.03 Å². The summed E-state index contributed by atoms with van der Waals surface area (Å²) in [5, 5.41) is 2.68. The number of aliphatic imine (C=N–C) groups is 1. The van der Waals surface area contributed by atoms with Crippen LogP contribution in [0.2, 0.25) is 0 Å². The maximum atomic E-state index is 14.0. The fraction of sp³-hybridized carbons (Fsp3) is 0.231. The summed E-state index contributed by atoms with van der Waals surface area (Å²) >= 11 is 0. The molecular weight excluding hydrogens is 435 g/mol. The highest BCUT2D eigenvalue weighted by Crippen LogP contribution is 2.39. The van der Waals surface area contributed by atoms with E-state index in [-0.39, 0.29) is 11.7 Å². The van der Waals surface area contributed by atoms with Crippen LogP contribution in [0.15, 0.2) is 71.7 Å². The number of carbonyl (C=O) groups excluding carboxylic acids is 1. The van der Waals surface area contributed by atoms with Crippen molar-refractivity contribution in [2.24, 2.45) is 4.99 Å². The van der Waals surface area contributed by atoms with E-state index < -0.39 is 5.82 Å². The molecule has 0 saturated carbocycles. The fourth-order valence-corrected chi connectivity index (χ4v) is 4.16. The lowest BCUT2D eigenvalue weighted by Gasteiger charge is -2.25. The smallest absolute Gasteiger partial charge is 0.321 e. The Labute approximate surface area is 197 Å². The molecule has 0 aromatic heterocycles. The van der Waals surface area contributed by atoms with Gasteiger partial charge in [-0.1, -0.05) is 24.3 Å². The summed E-state index contributed by atoms with van der Waals surface area (Å²) in [7, 11) is 1.62. The predicted molar refractivity (Wildman–Crippen MR) is 129 cm³/mol. The first-order valence-electron chi connectivity index (χ1n) is 11.2. The molecule has 1 saturated heterocycles. The van der Waals surface area contributed by atoms with Gasteiger partial charge in [-0.05, 0) is 42.8 Å². The molecular formula is C26H25FN4O3. The molecule has 0 atom stereocenters. The third kappa shape index (κ3) is 4.39. The number of amidine groups is 1. The van der Waals surface area contributed by atoms with Crippen LogP contribution in [0.4, 0.5) is 20.6 Å². The molecule has 34 heavy (non-hydrogen) atoms. The van der Waals surface area contributed by atoms with Gasteiger partial charge in [0.05, 0.1) is 18.4 Å². The number of hydrogen-bond acceptors (Lipinski definition) is 5. The van der Waals surface area contributed by atoms with Crippen molar-refractivity contribution in [1.29, 1.82) is 0 Å². The Hall–Kier alpha value is -4.07. The van der Waals surface area contributed by atoms with Crippen LogP contribution in [0.1, 0.15) is 12.0 Å². The summed E-state index contributed by atoms with van der Waals surface area (Å²) in [6.45, 7) is 2.34. The van der Waals surface area contributed by atoms with Gasteiger partial charge < -0.3 is 24.6 Å². The molecule has 5 rings (SSSR count). The average Bonchev–Trinajstić information content (AvgIpc) is 3.20. The molecule has 2 aliphatic rings. The molecule has 2 heterocycles. The molecule has 0 radical (unpaired) electrons. The number of nitrogens with one attached hydrogen (secondary N) is 1. The van der Waals surface area contributed by atoms with Crippen LogP contribution in [-0.4, -0.2) is 55.0 Å². The van der Waals surface area contributed by atoms with Crippen molar-refractivity contribution in [2.75, 3.05) is 38.6 Å². The van der Waals surface area contributed by atoms with Crippen LogP contribution in [0.3, 0.4) is 0 Å². The molecule has 1 N–H and O–H groups in total. The minimum absolute atomic E-state index is 0.179. The van der Waals surface area contributed by atoms with Crippen molar-refractivity contribution in [3.05, 3.63) is 78.1 Å². The standard InChI is InChI=1S/C26H25FN4O3/c1-33-18-11-12-19-24(17-18)34-23-10-5-4-9-22(23)28-25(19)30-13-6-14-31(16-15-30)26(32)29-21-8-3-2-7-20(21)27/h2-5,7-12,17H,6,13-16H2,1H3,(H,29,32). The molecule has 2 amide bonds. The first-order valence-corrected chi connectivity index (χ1v) is 11.2. The number of rotatable bonds is 2. The van der Waals surface area contributed by atoms with Crippen LogP contribution in [0.5, 0.6) is 17.2 Å². The van der Waals surface area contributed by atoms with E-state index in [0.29, 0.717) is 36.9 Å². The van der Waals surface area contributed by atoms with Crippen LogP contribution < -0.4 is 14.8 Å². The number of amides is 2. The molecule has 2 aliphatic heterocycles. The second-order valence-electron chi connectivity index (χ2n) is 8.10. The van der Waals surface area contributed by atoms with Gasteiger partial charge in [-0.3, -0.25) is 0 Å². The Balaban J connectivity index is 1.40. The number of ether oxygens (including phenoxy) is 2. The zero-order valence-corrected chi connectivity index (χ0v) is 18.8. The van der Waals surface area contributed by atoms with Gasteiger partial charge in [0, 0.05) is 32.2 Å². The van der Waals surface area contributed by atoms with Crippen LogP contribution in [-0.2, 0) is 0 Å². The van der Waals surface area contributed by atoms with Gasteiger partial charge in [0.2, 0.25) is 0 Å². The van der Waals surface area contributed by atoms with Crippen molar-refractivity contribution < 1.29 is 18.7 Å². The number of fused-ring (bicyclic) bond motifs is 2. The van der Waals surface area contributed by atoms with E-state index in [0.717, 1.165) is 30.1 Å². The highest BCUT2D eigenvalue weighted by Gasteiger charge is 2.26. The number of nitrogens with zero attached hydrogens (tertiary/aromatic N) is 3. The molecule has 0 bridgehead atoms. The minimum Gasteiger partial charge on any atom is -0.497 e. The first kappa shape index (κ1) is 21.8. The number of benzene rings is 3. The van der Waals surface area contributed by atoms with Gasteiger partial charge in [-0.25, -0.2) is 14.2 Å². The second kappa shape index (κ2) is 9.43. The number of hydrogen-bond donors (Lipinski definition) is 1. The number of anilines is 1. The van der Waals surface area contributed by atoms with E-state index in [2.05, 4.69) is 10.2 Å². The Morgan fingerprint density at radius 2 is 1.82 bits per heavy atom. The van der Waals surface area contributed by atoms with Gasteiger partial charge in [-0.2, -0.15) is 0 Å². The Morgan fingerprint density at radius 1 is 1.00 bits per heavy atom. The summed E-state index contributed by atoms with van der Waals surface area (Å²) in [5.74, 6) is 2.38. The first-order chi connectivity index (χ1) is 16.6. The fourth-order valence-electron chi connectivity index (χ4n) is 4.16. The van der Waals surface area contributed by atoms with Gasteiger partial charge in [0.15, 0.2) is 5.75 Å². The average molecular weight is 461 g/mol. The van der Waals surface area contributed by atoms with E-state index >= 15 is 0 Å². The molecule has 0 aliphatic carbocycles. The maximum absolute atomic E-state index is 14.0. The second-order valence-corrected chi connectivity index (χ2v) is 8.10. The summed E-state index contributed by atoms with van der Waals surface area (Å²) in [6.07, 6.45) is 0.748. The number of urea groups is 1. The third-order valence-electron chi connectivity index (χ3n) is 5.94. The zero-order valence-electron chi connectivity index (χ0n) is 18.8. The minimum atomic E-state index is -0.453. The highest BCUT2D eigenvalue weighted by molar-refractivity contribution is 6.04. The SMILES string of the molecule is COc1ccc2c(c1)Oc1ccccc1N=C2N1CCCN(C(=O)Nc2ccccc2F)CC1. The normalized spacial score (nSPS) is 15.2. The molecule has 7 nitrogen and oxygen atoms in total. The number of para-hydroxylation sites is 3. The summed E-state index contributed by atoms with van der Waals surface area (Å²) in [4.78, 5) is 21.7. The lowest BCUT2D eigenvalue weighted by Crippen LogP contribution is -2.39. The molecule has 3 aromatic carbocycles. The van der Waals surface area contributed by atoms with E-state index in [1.165, 1.54) is 6.07 Å². The predicted octanol–water partition coefficient (Wildman–Crippen LogP) is 5.26. The summed E-state index contributed by atoms with van der Waals surface area (Å²) in [5.41, 5.74) is 1.78. The summed E-state index contributed by atoms with van der Waals surface area (Å²) < 4.78 is 25.6. The number of carbonyl (C=O) groups is 1. The Morgan fingerprint density at radius 3 is 2.68 bits per heavy atom. The van der Waals surface area contributed by atoms with E-state index in [4.69, 9.17) is 14.5 Å². The van der Waals surface area contributed by atoms with Gasteiger partial charge in [-0.15, -0.1) is 0 Å². The zero-order chi connectivity index (χ0) is 23.5. The van der Waals surface area contributed by atoms with Crippen molar-refractivity contribution >= 4 is 23.2 Å². The molecule has 174 valence electrons. The lowest BCUT2D eigenvalue weighted by atomic mass is 10.1. The number of halogens is 1. The largest absolute Gasteiger partial charge is 0.497 e. The number of methoxy groups -OCH3 is 1. The molecule has 8 heteroatoms. The quantitative estimate of drug-likeness (QED) is 0.567. The third-order valence-corrected chi connectivity index (χ3v) is 5.94. The van der Waals surface area contributed by atoms with Crippen LogP contribution in [0.25, 0.3) is 0 Å². The Bertz CT molecular complexity index is 1250. The van der Waals surface area contributed by atoms with Crippen molar-refractivity contribution in [3.8, 4) is 17.2 Å². The van der Waals surface area contributed by atoms with E-state index in [1.807, 2.05) is 42.5 Å². The maximum Gasteiger partial charge on any atom is 0.321 e. The van der Waals surface area contributed by atoms with E-state index in [9.17, 15) is 9.18 Å². The highest BCUT2D eigenvalue weighted by atomic mass is 19.1. The van der Waals surface area contributed by atoms with Crippen molar-refractivity contribution in [1.82, 2.24) is 9.80 Å². The molecule has 0 spiro atoms. The van der Waals surface area contributed by atoms with Crippen LogP contribution >= 0.6 is 0 Å². The van der Waals surface area contributed by atoms with Crippen molar-refractivity contribution in [2.45, 2.75) is 6.42 Å². The Kier molecular flexibility index (Phi) is 6.03. The monoisotopic (exact) mass is 460 g/mol. The van der Waals surface area contributed by atoms with E-state index in [1.54, 1.807) is 30.2 Å². The molecule has 0 unspecified atom stereocenters. The van der Waals surface area contributed by atoms with Gasteiger partial charge in [0.25, 0.3) is 0 Å². The topological polar surface area (TPSA) is 66.4 Å². The molecule has 3 aromatic rings. The molecule has 1 fully saturated rings. The lowest BCUT2D eigenvalue weighted by molar-refractivity contribution is 0.214. The van der Waals surface area contributed by atoms with Crippen molar-refractivity contribution in [3.63, 3.8) is 0 Å². The summed E-state index contributed by atoms with van der Waals surface area (Å²) in [6, 6.07) is 19.2. The van der Waals surface area contributed by atoms with Crippen LogP contribution in [0, 0.1) is 5.82 Å². The van der Waals surface area contributed by atoms with Gasteiger partial charge in [0.1, 0.15) is 28.8 Å².